The van der Waals surface area contributed by atoms with Gasteiger partial charge >= 0.3 is 5.97 Å². The third kappa shape index (κ3) is 9.73. The summed E-state index contributed by atoms with van der Waals surface area (Å²) in [7, 11) is 0. The molecule has 90 valence electrons. The molecule has 0 fully saturated rings. The fraction of sp³-hybridized carbons (Fsp3) is 0.917. The maximum atomic E-state index is 11.1. The number of unbranched alkanes of at least 4 members (excludes halogenated alkanes) is 1. The molecule has 0 saturated carbocycles. The van der Waals surface area contributed by atoms with Crippen molar-refractivity contribution in [2.24, 2.45) is 5.92 Å². The molecule has 0 unspecified atom stereocenters. The lowest BCUT2D eigenvalue weighted by molar-refractivity contribution is -0.144. The summed E-state index contributed by atoms with van der Waals surface area (Å²) in [6.07, 6.45) is 4.31. The maximum absolute atomic E-state index is 11.1. The van der Waals surface area contributed by atoms with E-state index in [9.17, 15) is 4.79 Å². The van der Waals surface area contributed by atoms with Crippen molar-refractivity contribution in [3.8, 4) is 0 Å². The van der Waals surface area contributed by atoms with Gasteiger partial charge in [0, 0.05) is 6.42 Å². The lowest BCUT2D eigenvalue weighted by atomic mass is 9.99. The van der Waals surface area contributed by atoms with Crippen molar-refractivity contribution in [3.63, 3.8) is 0 Å². The van der Waals surface area contributed by atoms with Crippen LogP contribution in [0, 0.1) is 5.92 Å². The highest BCUT2D eigenvalue weighted by Gasteiger charge is 2.09. The van der Waals surface area contributed by atoms with Crippen LogP contribution in [0.5, 0.6) is 0 Å². The molecule has 15 heavy (non-hydrogen) atoms. The van der Waals surface area contributed by atoms with E-state index in [1.165, 1.54) is 0 Å². The predicted molar refractivity (Wildman–Crippen MR) is 60.6 cm³/mol. The first-order chi connectivity index (χ1) is 7.06. The Morgan fingerprint density at radius 3 is 2.40 bits per heavy atom. The van der Waals surface area contributed by atoms with Crippen molar-refractivity contribution in [1.82, 2.24) is 0 Å². The zero-order chi connectivity index (χ0) is 11.7. The quantitative estimate of drug-likeness (QED) is 0.501. The molecule has 0 aromatic rings. The van der Waals surface area contributed by atoms with Gasteiger partial charge in [-0.2, -0.15) is 0 Å². The van der Waals surface area contributed by atoms with Gasteiger partial charge in [0.15, 0.2) is 0 Å². The average Bonchev–Trinajstić information content (AvgIpc) is 2.12. The second-order valence-corrected chi connectivity index (χ2v) is 4.25. The van der Waals surface area contributed by atoms with Crippen molar-refractivity contribution >= 4 is 5.97 Å². The number of rotatable bonds is 8. The highest BCUT2D eigenvalue weighted by molar-refractivity contribution is 5.69. The van der Waals surface area contributed by atoms with E-state index < -0.39 is 0 Å². The van der Waals surface area contributed by atoms with Gasteiger partial charge in [0.1, 0.15) is 0 Å². The summed E-state index contributed by atoms with van der Waals surface area (Å²) in [4.78, 5) is 11.1. The van der Waals surface area contributed by atoms with Crippen LogP contribution in [0.2, 0.25) is 0 Å². The summed E-state index contributed by atoms with van der Waals surface area (Å²) in [5.41, 5.74) is 0. The van der Waals surface area contributed by atoms with E-state index in [4.69, 9.17) is 9.84 Å². The first kappa shape index (κ1) is 14.4. The summed E-state index contributed by atoms with van der Waals surface area (Å²) < 4.78 is 4.88. The predicted octanol–water partition coefficient (Wildman–Crippen LogP) is 2.52. The second-order valence-electron chi connectivity index (χ2n) is 4.25. The minimum atomic E-state index is -0.203. The van der Waals surface area contributed by atoms with Gasteiger partial charge in [0.25, 0.3) is 0 Å². The van der Waals surface area contributed by atoms with Crippen LogP contribution in [0.25, 0.3) is 0 Å². The minimum Gasteiger partial charge on any atom is -0.466 e. The van der Waals surface area contributed by atoms with Gasteiger partial charge in [-0.25, -0.2) is 0 Å². The Hall–Kier alpha value is -0.570. The maximum Gasteiger partial charge on any atom is 0.306 e. The Morgan fingerprint density at radius 2 is 1.87 bits per heavy atom. The van der Waals surface area contributed by atoms with Gasteiger partial charge in [-0.1, -0.05) is 26.2 Å². The molecule has 3 heteroatoms. The topological polar surface area (TPSA) is 46.5 Å². The SMILES string of the molecule is CCOC(=O)C[C@H](C)CCCC[C@@H](C)O. The molecule has 2 atom stereocenters. The second kappa shape index (κ2) is 8.72. The van der Waals surface area contributed by atoms with Gasteiger partial charge in [-0.3, -0.25) is 4.79 Å². The zero-order valence-corrected chi connectivity index (χ0v) is 10.2. The van der Waals surface area contributed by atoms with Crippen LogP contribution < -0.4 is 0 Å². The van der Waals surface area contributed by atoms with Gasteiger partial charge in [-0.05, 0) is 26.2 Å². The van der Waals surface area contributed by atoms with Crippen LogP contribution in [-0.2, 0) is 9.53 Å². The zero-order valence-electron chi connectivity index (χ0n) is 10.2. The van der Waals surface area contributed by atoms with E-state index in [0.29, 0.717) is 18.9 Å². The van der Waals surface area contributed by atoms with Crippen LogP contribution >= 0.6 is 0 Å². The Kier molecular flexibility index (Phi) is 8.38. The van der Waals surface area contributed by atoms with Gasteiger partial charge < -0.3 is 9.84 Å². The lowest BCUT2D eigenvalue weighted by Gasteiger charge is -2.10. The molecule has 0 rings (SSSR count). The molecule has 0 heterocycles. The molecule has 0 aliphatic rings. The van der Waals surface area contributed by atoms with Gasteiger partial charge in [0.05, 0.1) is 12.7 Å². The smallest absolute Gasteiger partial charge is 0.306 e. The molecule has 0 spiro atoms. The van der Waals surface area contributed by atoms with E-state index in [1.807, 2.05) is 13.8 Å². The fourth-order valence-electron chi connectivity index (χ4n) is 1.54. The van der Waals surface area contributed by atoms with E-state index >= 15 is 0 Å². The number of esters is 1. The third-order valence-corrected chi connectivity index (χ3v) is 2.39. The molecule has 3 nitrogen and oxygen atoms in total. The largest absolute Gasteiger partial charge is 0.466 e. The normalized spacial score (nSPS) is 14.7. The first-order valence-electron chi connectivity index (χ1n) is 5.90. The summed E-state index contributed by atoms with van der Waals surface area (Å²) in [5.74, 6) is 0.290. The molecule has 0 saturated heterocycles. The summed E-state index contributed by atoms with van der Waals surface area (Å²) in [5, 5.41) is 9.06. The summed E-state index contributed by atoms with van der Waals surface area (Å²) >= 11 is 0. The molecule has 0 aromatic carbocycles. The molecule has 1 N–H and O–H groups in total. The monoisotopic (exact) mass is 216 g/mol. The molecular formula is C12H24O3. The Bertz CT molecular complexity index is 166. The minimum absolute atomic E-state index is 0.0967. The van der Waals surface area contributed by atoms with Crippen molar-refractivity contribution in [1.29, 1.82) is 0 Å². The van der Waals surface area contributed by atoms with Crippen LogP contribution in [0.4, 0.5) is 0 Å². The number of ether oxygens (including phenoxy) is 1. The Morgan fingerprint density at radius 1 is 1.27 bits per heavy atom. The average molecular weight is 216 g/mol. The summed E-state index contributed by atoms with van der Waals surface area (Å²) in [6.45, 7) is 6.17. The lowest BCUT2D eigenvalue weighted by Crippen LogP contribution is -2.09. The van der Waals surface area contributed by atoms with Crippen molar-refractivity contribution < 1.29 is 14.6 Å². The number of carbonyl (C=O) groups is 1. The molecular weight excluding hydrogens is 192 g/mol. The molecule has 0 radical (unpaired) electrons. The number of aliphatic hydroxyl groups is 1. The van der Waals surface area contributed by atoms with Crippen LogP contribution in [0.15, 0.2) is 0 Å². The summed E-state index contributed by atoms with van der Waals surface area (Å²) in [6, 6.07) is 0. The number of hydrogen-bond donors (Lipinski definition) is 1. The van der Waals surface area contributed by atoms with Crippen LogP contribution in [-0.4, -0.2) is 23.8 Å². The molecule has 0 aliphatic carbocycles. The number of hydrogen-bond acceptors (Lipinski definition) is 3. The third-order valence-electron chi connectivity index (χ3n) is 2.39. The van der Waals surface area contributed by atoms with Crippen LogP contribution in [0.1, 0.15) is 52.9 Å². The molecule has 0 aliphatic heterocycles. The Balaban J connectivity index is 3.40. The number of carbonyl (C=O) groups excluding carboxylic acids is 1. The molecule has 0 amide bonds. The number of aliphatic hydroxyl groups excluding tert-OH is 1. The van der Waals surface area contributed by atoms with Crippen molar-refractivity contribution in [2.75, 3.05) is 6.61 Å². The van der Waals surface area contributed by atoms with Crippen molar-refractivity contribution in [2.45, 2.75) is 59.0 Å². The Labute approximate surface area is 92.8 Å². The van der Waals surface area contributed by atoms with E-state index in [1.54, 1.807) is 0 Å². The van der Waals surface area contributed by atoms with E-state index in [0.717, 1.165) is 25.7 Å². The first-order valence-corrected chi connectivity index (χ1v) is 5.90. The van der Waals surface area contributed by atoms with E-state index in [-0.39, 0.29) is 12.1 Å². The van der Waals surface area contributed by atoms with Crippen LogP contribution in [0.3, 0.4) is 0 Å². The highest BCUT2D eigenvalue weighted by atomic mass is 16.5. The van der Waals surface area contributed by atoms with Gasteiger partial charge in [-0.15, -0.1) is 0 Å². The van der Waals surface area contributed by atoms with Crippen molar-refractivity contribution in [3.05, 3.63) is 0 Å². The fourth-order valence-corrected chi connectivity index (χ4v) is 1.54. The highest BCUT2D eigenvalue weighted by Crippen LogP contribution is 2.14. The molecule has 0 aromatic heterocycles. The van der Waals surface area contributed by atoms with E-state index in [2.05, 4.69) is 6.92 Å². The standard InChI is InChI=1S/C12H24O3/c1-4-15-12(14)9-10(2)7-5-6-8-11(3)13/h10-11,13H,4-9H2,1-3H3/t10-,11-/m1/s1. The van der Waals surface area contributed by atoms with Gasteiger partial charge in [0.2, 0.25) is 0 Å². The molecule has 0 bridgehead atoms.